The largest absolute Gasteiger partial charge is 0.508 e. The van der Waals surface area contributed by atoms with Gasteiger partial charge in [-0.25, -0.2) is 4.79 Å². The number of carboxylic acid groups (broad SMARTS) is 1. The second kappa shape index (κ2) is 12.2. The zero-order valence-corrected chi connectivity index (χ0v) is 21.1. The van der Waals surface area contributed by atoms with E-state index in [0.717, 1.165) is 5.56 Å². The van der Waals surface area contributed by atoms with Crippen molar-refractivity contribution in [2.45, 2.75) is 19.5 Å². The van der Waals surface area contributed by atoms with Crippen LogP contribution in [0.3, 0.4) is 0 Å². The van der Waals surface area contributed by atoms with Crippen molar-refractivity contribution in [2.24, 2.45) is 0 Å². The number of aliphatic carboxylic acids is 1. The van der Waals surface area contributed by atoms with E-state index in [4.69, 9.17) is 23.2 Å². The van der Waals surface area contributed by atoms with Gasteiger partial charge >= 0.3 is 5.97 Å². The number of benzene rings is 3. The van der Waals surface area contributed by atoms with E-state index in [0.29, 0.717) is 11.1 Å². The quantitative estimate of drug-likeness (QED) is 0.279. The lowest BCUT2D eigenvalue weighted by atomic mass is 10.1. The molecule has 0 aromatic heterocycles. The van der Waals surface area contributed by atoms with Gasteiger partial charge < -0.3 is 26.2 Å². The number of aromatic hydroxyl groups is 1. The predicted molar refractivity (Wildman–Crippen MR) is 138 cm³/mol. The fourth-order valence-electron chi connectivity index (χ4n) is 3.39. The van der Waals surface area contributed by atoms with Crippen LogP contribution in [0.5, 0.6) is 5.75 Å². The lowest BCUT2D eigenvalue weighted by Crippen LogP contribution is -2.48. The average molecular weight is 544 g/mol. The summed E-state index contributed by atoms with van der Waals surface area (Å²) in [6.45, 7) is 1.55. The van der Waals surface area contributed by atoms with Crippen molar-refractivity contribution >= 4 is 46.9 Å². The second-order valence-electron chi connectivity index (χ2n) is 8.11. The lowest BCUT2D eigenvalue weighted by molar-refractivity contribution is -0.139. The van der Waals surface area contributed by atoms with Crippen molar-refractivity contribution in [3.63, 3.8) is 0 Å². The Morgan fingerprint density at radius 2 is 1.49 bits per heavy atom. The molecule has 192 valence electrons. The van der Waals surface area contributed by atoms with E-state index in [9.17, 15) is 29.4 Å². The van der Waals surface area contributed by atoms with Crippen LogP contribution in [0.4, 0.5) is 0 Å². The molecule has 3 aromatic carbocycles. The monoisotopic (exact) mass is 543 g/mol. The van der Waals surface area contributed by atoms with Crippen LogP contribution in [-0.2, 0) is 11.3 Å². The molecule has 1 atom stereocenters. The van der Waals surface area contributed by atoms with Gasteiger partial charge in [-0.3, -0.25) is 14.4 Å². The maximum Gasteiger partial charge on any atom is 0.328 e. The fourth-order valence-corrected chi connectivity index (χ4v) is 4.04. The number of hydrogen-bond acceptors (Lipinski definition) is 5. The van der Waals surface area contributed by atoms with Crippen molar-refractivity contribution in [3.05, 3.63) is 98.5 Å². The standard InChI is InChI=1S/C26H23Cl2N3O6/c1-14-4-2-6-16(8-14)23(33)30-13-21(26(36)37)31-25(35)22-19(27)10-17(11-20(22)28)24(34)29-12-15-5-3-7-18(32)9-15/h2-11,21,32H,12-13H2,1H3,(H,29,34)(H,30,33)(H,31,35)(H,36,37)/t21-/m0/s1. The van der Waals surface area contributed by atoms with E-state index in [1.165, 1.54) is 24.3 Å². The molecule has 0 aliphatic rings. The molecule has 0 fully saturated rings. The van der Waals surface area contributed by atoms with E-state index in [-0.39, 0.29) is 33.5 Å². The van der Waals surface area contributed by atoms with Gasteiger partial charge in [0.15, 0.2) is 0 Å². The molecule has 5 N–H and O–H groups in total. The number of amides is 3. The molecule has 3 rings (SSSR count). The highest BCUT2D eigenvalue weighted by Gasteiger charge is 2.25. The van der Waals surface area contributed by atoms with E-state index < -0.39 is 36.3 Å². The van der Waals surface area contributed by atoms with Crippen LogP contribution in [0.1, 0.15) is 42.2 Å². The molecule has 0 aliphatic heterocycles. The summed E-state index contributed by atoms with van der Waals surface area (Å²) in [5, 5.41) is 26.1. The number of carbonyl (C=O) groups excluding carboxylic acids is 3. The van der Waals surface area contributed by atoms with Gasteiger partial charge in [-0.2, -0.15) is 0 Å². The zero-order chi connectivity index (χ0) is 27.1. The number of halogens is 2. The maximum absolute atomic E-state index is 12.8. The summed E-state index contributed by atoms with van der Waals surface area (Å²) in [4.78, 5) is 49.4. The van der Waals surface area contributed by atoms with Gasteiger partial charge in [0.05, 0.1) is 15.6 Å². The third kappa shape index (κ3) is 7.45. The Kier molecular flexibility index (Phi) is 9.10. The Balaban J connectivity index is 1.66. The second-order valence-corrected chi connectivity index (χ2v) is 8.93. The summed E-state index contributed by atoms with van der Waals surface area (Å²) < 4.78 is 0. The lowest BCUT2D eigenvalue weighted by Gasteiger charge is -2.17. The summed E-state index contributed by atoms with van der Waals surface area (Å²) in [7, 11) is 0. The average Bonchev–Trinajstić information content (AvgIpc) is 2.84. The third-order valence-electron chi connectivity index (χ3n) is 5.25. The van der Waals surface area contributed by atoms with Crippen LogP contribution in [0.2, 0.25) is 10.0 Å². The molecule has 3 amide bonds. The molecule has 0 saturated heterocycles. The first-order valence-electron chi connectivity index (χ1n) is 11.0. The molecule has 0 saturated carbocycles. The number of hydrogen-bond donors (Lipinski definition) is 5. The summed E-state index contributed by atoms with van der Waals surface area (Å²) in [6, 6.07) is 14.1. The summed E-state index contributed by atoms with van der Waals surface area (Å²) in [6.07, 6.45) is 0. The molecule has 0 unspecified atom stereocenters. The van der Waals surface area contributed by atoms with Crippen LogP contribution in [0.25, 0.3) is 0 Å². The number of nitrogens with one attached hydrogen (secondary N) is 3. The number of rotatable bonds is 9. The van der Waals surface area contributed by atoms with E-state index in [1.807, 2.05) is 13.0 Å². The van der Waals surface area contributed by atoms with Gasteiger partial charge in [-0.1, -0.05) is 53.0 Å². The molecular formula is C26H23Cl2N3O6. The minimum absolute atomic E-state index is 0.0580. The Bertz CT molecular complexity index is 1340. The highest BCUT2D eigenvalue weighted by Crippen LogP contribution is 2.27. The van der Waals surface area contributed by atoms with Crippen LogP contribution >= 0.6 is 23.2 Å². The maximum atomic E-state index is 12.8. The van der Waals surface area contributed by atoms with Crippen LogP contribution < -0.4 is 16.0 Å². The van der Waals surface area contributed by atoms with Gasteiger partial charge in [0, 0.05) is 24.2 Å². The molecule has 0 aliphatic carbocycles. The molecule has 0 heterocycles. The highest BCUT2D eigenvalue weighted by atomic mass is 35.5. The van der Waals surface area contributed by atoms with E-state index >= 15 is 0 Å². The third-order valence-corrected chi connectivity index (χ3v) is 5.84. The topological polar surface area (TPSA) is 145 Å². The highest BCUT2D eigenvalue weighted by molar-refractivity contribution is 6.40. The number of phenolic OH excluding ortho intramolecular Hbond substituents is 1. The SMILES string of the molecule is Cc1cccc(C(=O)NC[C@H](NC(=O)c2c(Cl)cc(C(=O)NCc3cccc(O)c3)cc2Cl)C(=O)O)c1. The minimum Gasteiger partial charge on any atom is -0.508 e. The Labute approximate surface area is 222 Å². The smallest absolute Gasteiger partial charge is 0.328 e. The molecule has 0 radical (unpaired) electrons. The number of phenols is 1. The molecule has 9 nitrogen and oxygen atoms in total. The van der Waals surface area contributed by atoms with Crippen LogP contribution in [0, 0.1) is 6.92 Å². The molecule has 0 bridgehead atoms. The first-order valence-corrected chi connectivity index (χ1v) is 11.7. The Morgan fingerprint density at radius 3 is 2.11 bits per heavy atom. The van der Waals surface area contributed by atoms with Gasteiger partial charge in [0.1, 0.15) is 11.8 Å². The van der Waals surface area contributed by atoms with E-state index in [1.54, 1.807) is 30.3 Å². The van der Waals surface area contributed by atoms with Crippen molar-refractivity contribution < 1.29 is 29.4 Å². The minimum atomic E-state index is -1.47. The predicted octanol–water partition coefficient (Wildman–Crippen LogP) is 3.55. The summed E-state index contributed by atoms with van der Waals surface area (Å²) >= 11 is 12.4. The number of carboxylic acids is 1. The van der Waals surface area contributed by atoms with Gasteiger partial charge in [0.2, 0.25) is 0 Å². The normalized spacial score (nSPS) is 11.3. The molecule has 11 heteroatoms. The first kappa shape index (κ1) is 27.5. The zero-order valence-electron chi connectivity index (χ0n) is 19.5. The summed E-state index contributed by atoms with van der Waals surface area (Å²) in [5.74, 6) is -3.24. The van der Waals surface area contributed by atoms with Crippen molar-refractivity contribution in [1.82, 2.24) is 16.0 Å². The van der Waals surface area contributed by atoms with Gasteiger partial charge in [0.25, 0.3) is 17.7 Å². The van der Waals surface area contributed by atoms with Crippen molar-refractivity contribution in [3.8, 4) is 5.75 Å². The fraction of sp³-hybridized carbons (Fsp3) is 0.154. The summed E-state index contributed by atoms with van der Waals surface area (Å²) in [5.41, 5.74) is 1.72. The Hall–Kier alpha value is -4.08. The molecule has 3 aromatic rings. The van der Waals surface area contributed by atoms with Crippen molar-refractivity contribution in [1.29, 1.82) is 0 Å². The van der Waals surface area contributed by atoms with Gasteiger partial charge in [-0.05, 0) is 48.9 Å². The number of carbonyl (C=O) groups is 4. The molecule has 37 heavy (non-hydrogen) atoms. The number of aryl methyl sites for hydroxylation is 1. The Morgan fingerprint density at radius 1 is 0.838 bits per heavy atom. The van der Waals surface area contributed by atoms with Gasteiger partial charge in [-0.15, -0.1) is 0 Å². The molecule has 0 spiro atoms. The van der Waals surface area contributed by atoms with Crippen molar-refractivity contribution in [2.75, 3.05) is 6.54 Å². The van der Waals surface area contributed by atoms with Crippen LogP contribution in [-0.4, -0.2) is 46.5 Å². The first-order chi connectivity index (χ1) is 17.5. The van der Waals surface area contributed by atoms with E-state index in [2.05, 4.69) is 16.0 Å². The molecular weight excluding hydrogens is 521 g/mol. The van der Waals surface area contributed by atoms with Crippen LogP contribution in [0.15, 0.2) is 60.7 Å².